The molecule has 1 heterocycles. The van der Waals surface area contributed by atoms with Crippen LogP contribution in [0.4, 0.5) is 0 Å². The van der Waals surface area contributed by atoms with E-state index in [1.165, 1.54) is 0 Å². The van der Waals surface area contributed by atoms with Crippen LogP contribution in [-0.4, -0.2) is 28.4 Å². The van der Waals surface area contributed by atoms with E-state index in [-0.39, 0.29) is 5.91 Å². The standard InChI is InChI=1S/C15H18N4O2/c1-9-3-4-10(7-12(9)21-2)8-16-15(20)14-13(11-5-6-11)17-19-18-14/h3-4,7,11H,5-6,8H2,1-2H3,(H,16,20)(H,17,18,19). The van der Waals surface area contributed by atoms with Gasteiger partial charge in [0.2, 0.25) is 0 Å². The average Bonchev–Trinajstić information content (AvgIpc) is 3.23. The molecule has 2 N–H and O–H groups in total. The summed E-state index contributed by atoms with van der Waals surface area (Å²) in [6.45, 7) is 2.42. The predicted octanol–water partition coefficient (Wildman–Crippen LogP) is 1.93. The molecule has 1 aliphatic rings. The molecule has 6 heteroatoms. The van der Waals surface area contributed by atoms with Gasteiger partial charge in [0.25, 0.3) is 5.91 Å². The van der Waals surface area contributed by atoms with Gasteiger partial charge in [-0.15, -0.1) is 0 Å². The van der Waals surface area contributed by atoms with Crippen LogP contribution in [0.2, 0.25) is 0 Å². The van der Waals surface area contributed by atoms with Crippen LogP contribution in [-0.2, 0) is 6.54 Å². The number of amides is 1. The fourth-order valence-corrected chi connectivity index (χ4v) is 2.29. The van der Waals surface area contributed by atoms with Gasteiger partial charge in [-0.25, -0.2) is 0 Å². The maximum atomic E-state index is 12.2. The Morgan fingerprint density at radius 2 is 2.24 bits per heavy atom. The van der Waals surface area contributed by atoms with Crippen LogP contribution < -0.4 is 10.1 Å². The number of carbonyl (C=O) groups is 1. The van der Waals surface area contributed by atoms with Gasteiger partial charge < -0.3 is 10.1 Å². The van der Waals surface area contributed by atoms with Crippen LogP contribution >= 0.6 is 0 Å². The second-order valence-electron chi connectivity index (χ2n) is 5.32. The summed E-state index contributed by atoms with van der Waals surface area (Å²) in [6.07, 6.45) is 2.17. The zero-order chi connectivity index (χ0) is 14.8. The second-order valence-corrected chi connectivity index (χ2v) is 5.32. The number of hydrogen-bond acceptors (Lipinski definition) is 4. The molecule has 0 aliphatic heterocycles. The van der Waals surface area contributed by atoms with E-state index in [0.29, 0.717) is 18.2 Å². The number of carbonyl (C=O) groups excluding carboxylic acids is 1. The van der Waals surface area contributed by atoms with Gasteiger partial charge in [-0.05, 0) is 37.0 Å². The van der Waals surface area contributed by atoms with Gasteiger partial charge in [-0.2, -0.15) is 15.4 Å². The van der Waals surface area contributed by atoms with Crippen molar-refractivity contribution < 1.29 is 9.53 Å². The molecule has 0 unspecified atom stereocenters. The number of rotatable bonds is 5. The lowest BCUT2D eigenvalue weighted by atomic mass is 10.1. The van der Waals surface area contributed by atoms with Crippen molar-refractivity contribution in [3.8, 4) is 5.75 Å². The number of aromatic amines is 1. The first-order chi connectivity index (χ1) is 10.2. The highest BCUT2D eigenvalue weighted by Gasteiger charge is 2.31. The van der Waals surface area contributed by atoms with Gasteiger partial charge in [-0.3, -0.25) is 4.79 Å². The SMILES string of the molecule is COc1cc(CNC(=O)c2n[nH]nc2C2CC2)ccc1C. The van der Waals surface area contributed by atoms with Gasteiger partial charge in [-0.1, -0.05) is 12.1 Å². The number of aryl methyl sites for hydroxylation is 1. The van der Waals surface area contributed by atoms with E-state index in [2.05, 4.69) is 20.7 Å². The highest BCUT2D eigenvalue weighted by molar-refractivity contribution is 5.93. The number of H-pyrrole nitrogens is 1. The van der Waals surface area contributed by atoms with Gasteiger partial charge in [0.15, 0.2) is 5.69 Å². The Bertz CT molecular complexity index is 661. The summed E-state index contributed by atoms with van der Waals surface area (Å²) in [5, 5.41) is 13.5. The van der Waals surface area contributed by atoms with Gasteiger partial charge in [0.05, 0.1) is 12.8 Å². The third-order valence-corrected chi connectivity index (χ3v) is 3.68. The smallest absolute Gasteiger partial charge is 0.274 e. The first-order valence-corrected chi connectivity index (χ1v) is 7.01. The van der Waals surface area contributed by atoms with Crippen molar-refractivity contribution in [2.75, 3.05) is 7.11 Å². The maximum absolute atomic E-state index is 12.2. The van der Waals surface area contributed by atoms with Crippen molar-refractivity contribution >= 4 is 5.91 Å². The summed E-state index contributed by atoms with van der Waals surface area (Å²) in [4.78, 5) is 12.2. The third kappa shape index (κ3) is 2.89. The van der Waals surface area contributed by atoms with Crippen LogP contribution in [0.3, 0.4) is 0 Å². The Balaban J connectivity index is 1.67. The molecular weight excluding hydrogens is 268 g/mol. The zero-order valence-corrected chi connectivity index (χ0v) is 12.1. The molecule has 0 atom stereocenters. The number of nitrogens with one attached hydrogen (secondary N) is 2. The topological polar surface area (TPSA) is 79.9 Å². The van der Waals surface area contributed by atoms with E-state index >= 15 is 0 Å². The molecule has 3 rings (SSSR count). The zero-order valence-electron chi connectivity index (χ0n) is 12.1. The molecule has 1 aromatic carbocycles. The van der Waals surface area contributed by atoms with Crippen LogP contribution in [0.5, 0.6) is 5.75 Å². The first kappa shape index (κ1) is 13.6. The lowest BCUT2D eigenvalue weighted by Gasteiger charge is -2.08. The predicted molar refractivity (Wildman–Crippen MR) is 77.3 cm³/mol. The molecule has 0 saturated heterocycles. The molecule has 2 aromatic rings. The Morgan fingerprint density at radius 1 is 1.43 bits per heavy atom. The third-order valence-electron chi connectivity index (χ3n) is 3.68. The second kappa shape index (κ2) is 5.55. The molecule has 110 valence electrons. The molecule has 0 bridgehead atoms. The average molecular weight is 286 g/mol. The minimum atomic E-state index is -0.190. The van der Waals surface area contributed by atoms with E-state index < -0.39 is 0 Å². The van der Waals surface area contributed by atoms with Crippen molar-refractivity contribution in [1.29, 1.82) is 0 Å². The van der Waals surface area contributed by atoms with Gasteiger partial charge in [0.1, 0.15) is 5.75 Å². The molecule has 6 nitrogen and oxygen atoms in total. The number of hydrogen-bond donors (Lipinski definition) is 2. The Hall–Kier alpha value is -2.37. The largest absolute Gasteiger partial charge is 0.496 e. The summed E-state index contributed by atoms with van der Waals surface area (Å²) < 4.78 is 5.28. The summed E-state index contributed by atoms with van der Waals surface area (Å²) in [5.74, 6) is 1.02. The fourth-order valence-electron chi connectivity index (χ4n) is 2.29. The minimum absolute atomic E-state index is 0.190. The number of benzene rings is 1. The van der Waals surface area contributed by atoms with Crippen molar-refractivity contribution in [1.82, 2.24) is 20.7 Å². The number of nitrogens with zero attached hydrogens (tertiary/aromatic N) is 2. The van der Waals surface area contributed by atoms with Gasteiger partial charge in [0, 0.05) is 12.5 Å². The molecule has 1 fully saturated rings. The van der Waals surface area contributed by atoms with Crippen LogP contribution in [0, 0.1) is 6.92 Å². The molecular formula is C15H18N4O2. The highest BCUT2D eigenvalue weighted by atomic mass is 16.5. The molecule has 1 amide bonds. The molecule has 1 aromatic heterocycles. The molecule has 0 radical (unpaired) electrons. The summed E-state index contributed by atoms with van der Waals surface area (Å²) in [5.41, 5.74) is 3.26. The van der Waals surface area contributed by atoms with Gasteiger partial charge >= 0.3 is 0 Å². The fraction of sp³-hybridized carbons (Fsp3) is 0.400. The van der Waals surface area contributed by atoms with Crippen molar-refractivity contribution in [2.45, 2.75) is 32.2 Å². The summed E-state index contributed by atoms with van der Waals surface area (Å²) >= 11 is 0. The van der Waals surface area contributed by atoms with E-state index in [0.717, 1.165) is 35.4 Å². The first-order valence-electron chi connectivity index (χ1n) is 7.01. The summed E-state index contributed by atoms with van der Waals surface area (Å²) in [6, 6.07) is 5.88. The van der Waals surface area contributed by atoms with Crippen LogP contribution in [0.1, 0.15) is 46.1 Å². The van der Waals surface area contributed by atoms with E-state index in [9.17, 15) is 4.79 Å². The molecule has 1 aliphatic carbocycles. The molecule has 0 spiro atoms. The summed E-state index contributed by atoms with van der Waals surface area (Å²) in [7, 11) is 1.64. The quantitative estimate of drug-likeness (QED) is 0.880. The highest BCUT2D eigenvalue weighted by Crippen LogP contribution is 2.39. The lowest BCUT2D eigenvalue weighted by molar-refractivity contribution is 0.0945. The normalized spacial score (nSPS) is 14.0. The minimum Gasteiger partial charge on any atom is -0.496 e. The molecule has 1 saturated carbocycles. The molecule has 21 heavy (non-hydrogen) atoms. The Morgan fingerprint density at radius 3 is 2.95 bits per heavy atom. The Kier molecular flexibility index (Phi) is 3.60. The number of ether oxygens (including phenoxy) is 1. The van der Waals surface area contributed by atoms with Crippen molar-refractivity contribution in [2.24, 2.45) is 0 Å². The monoisotopic (exact) mass is 286 g/mol. The number of methoxy groups -OCH3 is 1. The van der Waals surface area contributed by atoms with Crippen LogP contribution in [0.15, 0.2) is 18.2 Å². The lowest BCUT2D eigenvalue weighted by Crippen LogP contribution is -2.24. The van der Waals surface area contributed by atoms with Crippen molar-refractivity contribution in [3.63, 3.8) is 0 Å². The Labute approximate surface area is 122 Å². The van der Waals surface area contributed by atoms with Crippen LogP contribution in [0.25, 0.3) is 0 Å². The van der Waals surface area contributed by atoms with E-state index in [4.69, 9.17) is 4.74 Å². The maximum Gasteiger partial charge on any atom is 0.274 e. The van der Waals surface area contributed by atoms with Crippen molar-refractivity contribution in [3.05, 3.63) is 40.7 Å². The van der Waals surface area contributed by atoms with E-state index in [1.807, 2.05) is 25.1 Å². The number of aromatic nitrogens is 3. The van der Waals surface area contributed by atoms with E-state index in [1.54, 1.807) is 7.11 Å².